The fraction of sp³-hybridized carbons (Fsp3) is 0.278. The molecule has 11 nitrogen and oxygen atoms in total. The van der Waals surface area contributed by atoms with Crippen molar-refractivity contribution in [3.8, 4) is 17.2 Å². The quantitative estimate of drug-likeness (QED) is 0.465. The van der Waals surface area contributed by atoms with Crippen molar-refractivity contribution < 1.29 is 29.2 Å². The van der Waals surface area contributed by atoms with Gasteiger partial charge in [-0.2, -0.15) is 0 Å². The van der Waals surface area contributed by atoms with E-state index in [4.69, 9.17) is 14.6 Å². The van der Waals surface area contributed by atoms with Crippen molar-refractivity contribution in [3.63, 3.8) is 0 Å². The van der Waals surface area contributed by atoms with Gasteiger partial charge in [-0.05, 0) is 30.7 Å². The first-order valence-corrected chi connectivity index (χ1v) is 9.83. The number of nitrogens with zero attached hydrogens (tertiary/aromatic N) is 2. The van der Waals surface area contributed by atoms with Crippen molar-refractivity contribution in [2.24, 2.45) is 0 Å². The maximum Gasteiger partial charge on any atom is 0.321 e. The maximum atomic E-state index is 11.3. The maximum absolute atomic E-state index is 11.3. The normalized spacial score (nSPS) is 18.0. The van der Waals surface area contributed by atoms with Gasteiger partial charge in [-0.1, -0.05) is 6.07 Å². The Labute approximate surface area is 174 Å². The second-order valence-electron chi connectivity index (χ2n) is 6.18. The Hall–Kier alpha value is -3.38. The highest BCUT2D eigenvalue weighted by Crippen LogP contribution is 2.41. The number of benzene rings is 2. The van der Waals surface area contributed by atoms with Crippen molar-refractivity contribution in [2.45, 2.75) is 18.3 Å². The Morgan fingerprint density at radius 2 is 1.90 bits per heavy atom. The minimum atomic E-state index is -0.930. The number of hydrogen-bond donors (Lipinski definition) is 2. The molecule has 2 aromatic rings. The number of carboxylic acids is 1. The number of hydrogen-bond acceptors (Lipinski definition) is 9. The van der Waals surface area contributed by atoms with Crippen LogP contribution in [0, 0.1) is 20.2 Å². The van der Waals surface area contributed by atoms with Gasteiger partial charge in [0.1, 0.15) is 6.04 Å². The summed E-state index contributed by atoms with van der Waals surface area (Å²) in [6.45, 7) is 2.05. The van der Waals surface area contributed by atoms with E-state index in [1.165, 1.54) is 11.8 Å². The van der Waals surface area contributed by atoms with Crippen LogP contribution in [0.2, 0.25) is 0 Å². The molecule has 2 aromatic carbocycles. The number of thioether (sulfide) groups is 1. The molecule has 1 aliphatic rings. The van der Waals surface area contributed by atoms with Crippen LogP contribution in [0.15, 0.2) is 36.4 Å². The molecule has 0 saturated carbocycles. The van der Waals surface area contributed by atoms with Crippen LogP contribution >= 0.6 is 11.8 Å². The molecule has 30 heavy (non-hydrogen) atoms. The minimum absolute atomic E-state index is 0.168. The van der Waals surface area contributed by atoms with Gasteiger partial charge in [-0.3, -0.25) is 30.3 Å². The SMILES string of the molecule is CCOc1cc([C@@H]2N[C@@H](C(=O)O)CS2)ccc1Oc1ccc([N+](=O)[O-])cc1[N+](=O)[O-]. The largest absolute Gasteiger partial charge is 0.490 e. The summed E-state index contributed by atoms with van der Waals surface area (Å²) >= 11 is 1.44. The lowest BCUT2D eigenvalue weighted by Gasteiger charge is -2.16. The van der Waals surface area contributed by atoms with E-state index in [1.54, 1.807) is 25.1 Å². The van der Waals surface area contributed by atoms with E-state index in [2.05, 4.69) is 5.32 Å². The Kier molecular flexibility index (Phi) is 6.37. The Balaban J connectivity index is 1.90. The van der Waals surface area contributed by atoms with E-state index in [0.29, 0.717) is 18.1 Å². The molecule has 2 atom stereocenters. The molecule has 0 amide bonds. The second-order valence-corrected chi connectivity index (χ2v) is 7.32. The highest BCUT2D eigenvalue weighted by Gasteiger charge is 2.31. The van der Waals surface area contributed by atoms with Crippen molar-refractivity contribution in [1.82, 2.24) is 5.32 Å². The molecule has 0 aromatic heterocycles. The number of ether oxygens (including phenoxy) is 2. The van der Waals surface area contributed by atoms with Gasteiger partial charge in [0.05, 0.1) is 27.9 Å². The third kappa shape index (κ3) is 4.60. The van der Waals surface area contributed by atoms with E-state index in [1.807, 2.05) is 0 Å². The van der Waals surface area contributed by atoms with Gasteiger partial charge in [0, 0.05) is 11.8 Å². The monoisotopic (exact) mass is 435 g/mol. The van der Waals surface area contributed by atoms with E-state index >= 15 is 0 Å². The summed E-state index contributed by atoms with van der Waals surface area (Å²) in [5.41, 5.74) is -0.211. The minimum Gasteiger partial charge on any atom is -0.490 e. The van der Waals surface area contributed by atoms with Crippen LogP contribution in [0.1, 0.15) is 17.9 Å². The zero-order valence-corrected chi connectivity index (χ0v) is 16.5. The van der Waals surface area contributed by atoms with Crippen LogP contribution < -0.4 is 14.8 Å². The Morgan fingerprint density at radius 3 is 2.50 bits per heavy atom. The summed E-state index contributed by atoms with van der Waals surface area (Å²) < 4.78 is 11.2. The lowest BCUT2D eigenvalue weighted by Crippen LogP contribution is -2.33. The van der Waals surface area contributed by atoms with E-state index < -0.39 is 33.2 Å². The summed E-state index contributed by atoms with van der Waals surface area (Å²) in [5.74, 6) is -0.185. The summed E-state index contributed by atoms with van der Waals surface area (Å²) in [7, 11) is 0. The molecule has 0 radical (unpaired) electrons. The molecular formula is C18H17N3O8S. The molecule has 1 saturated heterocycles. The first kappa shape index (κ1) is 21.3. The summed E-state index contributed by atoms with van der Waals surface area (Å²) in [6, 6.07) is 7.37. The van der Waals surface area contributed by atoms with Crippen LogP contribution in [0.3, 0.4) is 0 Å². The smallest absolute Gasteiger partial charge is 0.321 e. The Morgan fingerprint density at radius 1 is 1.17 bits per heavy atom. The molecule has 0 unspecified atom stereocenters. The van der Waals surface area contributed by atoms with Gasteiger partial charge in [0.2, 0.25) is 5.75 Å². The van der Waals surface area contributed by atoms with Gasteiger partial charge >= 0.3 is 11.7 Å². The van der Waals surface area contributed by atoms with Gasteiger partial charge in [0.25, 0.3) is 5.69 Å². The predicted octanol–water partition coefficient (Wildman–Crippen LogP) is 3.48. The molecule has 12 heteroatoms. The highest BCUT2D eigenvalue weighted by molar-refractivity contribution is 7.99. The summed E-state index contributed by atoms with van der Waals surface area (Å²) in [4.78, 5) is 31.9. The first-order chi connectivity index (χ1) is 14.3. The number of rotatable bonds is 8. The number of carboxylic acid groups (broad SMARTS) is 1. The summed E-state index contributed by atoms with van der Waals surface area (Å²) in [6.07, 6.45) is 0. The molecule has 1 heterocycles. The number of nitro groups is 2. The zero-order valence-electron chi connectivity index (χ0n) is 15.6. The molecule has 3 rings (SSSR count). The molecule has 0 bridgehead atoms. The van der Waals surface area contributed by atoms with E-state index in [9.17, 15) is 25.0 Å². The fourth-order valence-corrected chi connectivity index (χ4v) is 4.04. The number of nitro benzene ring substituents is 2. The lowest BCUT2D eigenvalue weighted by molar-refractivity contribution is -0.394. The number of non-ortho nitro benzene ring substituents is 1. The average molecular weight is 435 g/mol. The lowest BCUT2D eigenvalue weighted by atomic mass is 10.2. The van der Waals surface area contributed by atoms with Crippen LogP contribution in [-0.2, 0) is 4.79 Å². The number of carbonyl (C=O) groups is 1. The molecule has 2 N–H and O–H groups in total. The third-order valence-electron chi connectivity index (χ3n) is 4.22. The van der Waals surface area contributed by atoms with Gasteiger partial charge in [-0.25, -0.2) is 0 Å². The Bertz CT molecular complexity index is 999. The van der Waals surface area contributed by atoms with Crippen LogP contribution in [0.25, 0.3) is 0 Å². The van der Waals surface area contributed by atoms with E-state index in [0.717, 1.165) is 23.8 Å². The van der Waals surface area contributed by atoms with Gasteiger partial charge < -0.3 is 14.6 Å². The molecule has 0 aliphatic carbocycles. The first-order valence-electron chi connectivity index (χ1n) is 8.78. The topological polar surface area (TPSA) is 154 Å². The molecular weight excluding hydrogens is 418 g/mol. The molecule has 0 spiro atoms. The van der Waals surface area contributed by atoms with Crippen LogP contribution in [0.5, 0.6) is 17.2 Å². The van der Waals surface area contributed by atoms with Crippen molar-refractivity contribution in [3.05, 3.63) is 62.2 Å². The number of nitrogens with one attached hydrogen (secondary N) is 1. The fourth-order valence-electron chi connectivity index (χ4n) is 2.81. The van der Waals surface area contributed by atoms with Gasteiger partial charge in [0.15, 0.2) is 11.5 Å². The van der Waals surface area contributed by atoms with Crippen molar-refractivity contribution in [2.75, 3.05) is 12.4 Å². The number of aliphatic carboxylic acids is 1. The van der Waals surface area contributed by atoms with Crippen molar-refractivity contribution in [1.29, 1.82) is 0 Å². The highest BCUT2D eigenvalue weighted by atomic mass is 32.2. The molecule has 158 valence electrons. The predicted molar refractivity (Wildman–Crippen MR) is 107 cm³/mol. The van der Waals surface area contributed by atoms with Crippen LogP contribution in [-0.4, -0.2) is 39.3 Å². The van der Waals surface area contributed by atoms with E-state index in [-0.39, 0.29) is 16.9 Å². The zero-order chi connectivity index (χ0) is 21.8. The van der Waals surface area contributed by atoms with Gasteiger partial charge in [-0.15, -0.1) is 11.8 Å². The van der Waals surface area contributed by atoms with Crippen LogP contribution in [0.4, 0.5) is 11.4 Å². The standard InChI is InChI=1S/C18H17N3O8S/c1-2-28-16-7-10(17-19-12(9-30-17)18(22)23)3-5-15(16)29-14-6-4-11(20(24)25)8-13(14)21(26)27/h3-8,12,17,19H,2,9H2,1H3,(H,22,23)/t12-,17-/m1/s1. The van der Waals surface area contributed by atoms with Crippen molar-refractivity contribution >= 4 is 29.1 Å². The summed E-state index contributed by atoms with van der Waals surface area (Å²) in [5, 5.41) is 34.1. The third-order valence-corrected chi connectivity index (χ3v) is 5.49. The molecule has 1 aliphatic heterocycles. The average Bonchev–Trinajstić information content (AvgIpc) is 3.20. The second kappa shape index (κ2) is 8.97. The molecule has 1 fully saturated rings.